The third-order valence-corrected chi connectivity index (χ3v) is 6.46. The molecule has 0 unspecified atom stereocenters. The molecule has 0 heterocycles. The third-order valence-electron chi connectivity index (χ3n) is 6.46. The Balaban J connectivity index is 1.32. The number of aliphatic hydroxyl groups is 1. The van der Waals surface area contributed by atoms with Gasteiger partial charge in [0.15, 0.2) is 0 Å². The molecule has 0 aromatic heterocycles. The van der Waals surface area contributed by atoms with Crippen molar-refractivity contribution in [3.8, 4) is 0 Å². The van der Waals surface area contributed by atoms with Gasteiger partial charge >= 0.3 is 6.09 Å². The van der Waals surface area contributed by atoms with E-state index in [0.29, 0.717) is 6.61 Å². The van der Waals surface area contributed by atoms with Gasteiger partial charge in [0.05, 0.1) is 18.8 Å². The van der Waals surface area contributed by atoms with Crippen LogP contribution in [0.3, 0.4) is 0 Å². The first-order valence-corrected chi connectivity index (χ1v) is 10.6. The van der Waals surface area contributed by atoms with Gasteiger partial charge in [0.2, 0.25) is 0 Å². The van der Waals surface area contributed by atoms with E-state index in [1.165, 1.54) is 5.56 Å². The quantitative estimate of drug-likeness (QED) is 0.819. The summed E-state index contributed by atoms with van der Waals surface area (Å²) in [6.07, 6.45) is 5.38. The zero-order valence-corrected chi connectivity index (χ0v) is 17.3. The molecule has 0 radical (unpaired) electrons. The maximum absolute atomic E-state index is 12.9. The average Bonchev–Trinajstić information content (AvgIpc) is 2.51. The number of carbonyl (C=O) groups excluding carboxylic acids is 1. The second-order valence-electron chi connectivity index (χ2n) is 10.1. The van der Waals surface area contributed by atoms with E-state index in [2.05, 4.69) is 12.1 Å². The highest BCUT2D eigenvalue weighted by Gasteiger charge is 2.56. The normalized spacial score (nSPS) is 34.1. The van der Waals surface area contributed by atoms with Gasteiger partial charge in [-0.25, -0.2) is 4.79 Å². The molecule has 5 heteroatoms. The minimum atomic E-state index is -0.490. The number of benzene rings is 1. The standard InChI is InChI=1S/C23H33NO4/c1-22(2,3)28-21(26)24(18-11-23(12-18)13-19(25)14-23)17-9-20(10-17)27-15-16-7-5-4-6-8-16/h4-8,17-20,25H,9-15H2,1-3H3. The highest BCUT2D eigenvalue weighted by Crippen LogP contribution is 2.58. The summed E-state index contributed by atoms with van der Waals surface area (Å²) in [5.74, 6) is 0. The van der Waals surface area contributed by atoms with Crippen molar-refractivity contribution in [1.29, 1.82) is 0 Å². The molecule has 3 aliphatic carbocycles. The number of nitrogens with zero attached hydrogens (tertiary/aromatic N) is 1. The lowest BCUT2D eigenvalue weighted by Gasteiger charge is -2.60. The van der Waals surface area contributed by atoms with Crippen molar-refractivity contribution >= 4 is 6.09 Å². The SMILES string of the molecule is CC(C)(C)OC(=O)N(C1CC(OCc2ccccc2)C1)C1CC2(CC(O)C2)C1. The number of rotatable bonds is 5. The Morgan fingerprint density at radius 3 is 2.32 bits per heavy atom. The molecular weight excluding hydrogens is 354 g/mol. The predicted octanol–water partition coefficient (Wildman–Crippen LogP) is 4.27. The Hall–Kier alpha value is -1.59. The van der Waals surface area contributed by atoms with E-state index in [4.69, 9.17) is 9.47 Å². The summed E-state index contributed by atoms with van der Waals surface area (Å²) < 4.78 is 11.7. The van der Waals surface area contributed by atoms with Crippen LogP contribution in [-0.4, -0.2) is 46.0 Å². The Kier molecular flexibility index (Phi) is 5.17. The lowest BCUT2D eigenvalue weighted by Crippen LogP contribution is -2.64. The van der Waals surface area contributed by atoms with E-state index in [1.807, 2.05) is 43.9 Å². The number of hydrogen-bond donors (Lipinski definition) is 1. The van der Waals surface area contributed by atoms with Crippen LogP contribution in [0.2, 0.25) is 0 Å². The van der Waals surface area contributed by atoms with Gasteiger partial charge in [0.25, 0.3) is 0 Å². The maximum Gasteiger partial charge on any atom is 0.410 e. The van der Waals surface area contributed by atoms with E-state index >= 15 is 0 Å². The zero-order chi connectivity index (χ0) is 19.9. The van der Waals surface area contributed by atoms with Crippen molar-refractivity contribution in [3.05, 3.63) is 35.9 Å². The van der Waals surface area contributed by atoms with Crippen LogP contribution in [0, 0.1) is 5.41 Å². The molecule has 3 fully saturated rings. The lowest BCUT2D eigenvalue weighted by atomic mass is 9.52. The van der Waals surface area contributed by atoms with Gasteiger partial charge in [-0.2, -0.15) is 0 Å². The molecule has 3 aliphatic rings. The van der Waals surface area contributed by atoms with Crippen molar-refractivity contribution in [3.63, 3.8) is 0 Å². The fourth-order valence-electron chi connectivity index (χ4n) is 5.01. The highest BCUT2D eigenvalue weighted by atomic mass is 16.6. The molecule has 3 saturated carbocycles. The molecule has 1 spiro atoms. The first-order valence-electron chi connectivity index (χ1n) is 10.6. The van der Waals surface area contributed by atoms with Crippen molar-refractivity contribution < 1.29 is 19.4 Å². The van der Waals surface area contributed by atoms with Crippen LogP contribution in [0.15, 0.2) is 30.3 Å². The Morgan fingerprint density at radius 2 is 1.75 bits per heavy atom. The molecule has 1 aromatic rings. The monoisotopic (exact) mass is 387 g/mol. The zero-order valence-electron chi connectivity index (χ0n) is 17.3. The van der Waals surface area contributed by atoms with E-state index in [9.17, 15) is 9.90 Å². The van der Waals surface area contributed by atoms with Crippen LogP contribution in [-0.2, 0) is 16.1 Å². The average molecular weight is 388 g/mol. The molecule has 5 nitrogen and oxygen atoms in total. The minimum absolute atomic E-state index is 0.143. The second kappa shape index (κ2) is 7.34. The van der Waals surface area contributed by atoms with E-state index in [0.717, 1.165) is 38.5 Å². The van der Waals surface area contributed by atoms with Gasteiger partial charge in [0, 0.05) is 12.1 Å². The van der Waals surface area contributed by atoms with Gasteiger partial charge in [-0.3, -0.25) is 0 Å². The third kappa shape index (κ3) is 4.20. The summed E-state index contributed by atoms with van der Waals surface area (Å²) >= 11 is 0. The summed E-state index contributed by atoms with van der Waals surface area (Å²) in [6, 6.07) is 10.6. The summed E-state index contributed by atoms with van der Waals surface area (Å²) in [5, 5.41) is 9.67. The highest BCUT2D eigenvalue weighted by molar-refractivity contribution is 5.69. The summed E-state index contributed by atoms with van der Waals surface area (Å²) in [5.41, 5.74) is 0.965. The number of ether oxygens (including phenoxy) is 2. The Bertz CT molecular complexity index is 678. The summed E-state index contributed by atoms with van der Waals surface area (Å²) in [7, 11) is 0. The van der Waals surface area contributed by atoms with Gasteiger partial charge in [-0.05, 0) is 70.3 Å². The smallest absolute Gasteiger partial charge is 0.410 e. The summed E-state index contributed by atoms with van der Waals surface area (Å²) in [6.45, 7) is 6.37. The molecule has 0 aliphatic heterocycles. The van der Waals surface area contributed by atoms with Crippen LogP contribution >= 0.6 is 0 Å². The first-order chi connectivity index (χ1) is 13.2. The maximum atomic E-state index is 12.9. The fourth-order valence-corrected chi connectivity index (χ4v) is 5.01. The molecule has 1 amide bonds. The van der Waals surface area contributed by atoms with Crippen molar-refractivity contribution in [2.75, 3.05) is 0 Å². The fraction of sp³-hybridized carbons (Fsp3) is 0.696. The molecule has 1 N–H and O–H groups in total. The molecule has 4 rings (SSSR count). The van der Waals surface area contributed by atoms with E-state index in [-0.39, 0.29) is 35.8 Å². The van der Waals surface area contributed by atoms with Crippen LogP contribution < -0.4 is 0 Å². The van der Waals surface area contributed by atoms with Crippen LogP contribution in [0.1, 0.15) is 64.9 Å². The number of amides is 1. The van der Waals surface area contributed by atoms with Gasteiger partial charge in [-0.1, -0.05) is 30.3 Å². The largest absolute Gasteiger partial charge is 0.444 e. The van der Waals surface area contributed by atoms with Crippen LogP contribution in [0.4, 0.5) is 4.79 Å². The molecule has 154 valence electrons. The topological polar surface area (TPSA) is 59.0 Å². The molecule has 1 aromatic carbocycles. The number of hydrogen-bond acceptors (Lipinski definition) is 4. The van der Waals surface area contributed by atoms with E-state index < -0.39 is 5.60 Å². The van der Waals surface area contributed by atoms with Crippen LogP contribution in [0.25, 0.3) is 0 Å². The molecule has 0 saturated heterocycles. The van der Waals surface area contributed by atoms with Crippen molar-refractivity contribution in [2.24, 2.45) is 5.41 Å². The Morgan fingerprint density at radius 1 is 1.11 bits per heavy atom. The minimum Gasteiger partial charge on any atom is -0.444 e. The predicted molar refractivity (Wildman–Crippen MR) is 107 cm³/mol. The first kappa shape index (κ1) is 19.7. The number of aliphatic hydroxyl groups excluding tert-OH is 1. The second-order valence-corrected chi connectivity index (χ2v) is 10.1. The summed E-state index contributed by atoms with van der Waals surface area (Å²) in [4.78, 5) is 14.9. The van der Waals surface area contributed by atoms with Gasteiger partial charge in [-0.15, -0.1) is 0 Å². The van der Waals surface area contributed by atoms with Gasteiger partial charge < -0.3 is 19.5 Å². The molecular formula is C23H33NO4. The van der Waals surface area contributed by atoms with Crippen LogP contribution in [0.5, 0.6) is 0 Å². The molecule has 0 bridgehead atoms. The Labute approximate surface area is 168 Å². The van der Waals surface area contributed by atoms with E-state index in [1.54, 1.807) is 0 Å². The molecule has 28 heavy (non-hydrogen) atoms. The van der Waals surface area contributed by atoms with Gasteiger partial charge in [0.1, 0.15) is 5.60 Å². The lowest BCUT2D eigenvalue weighted by molar-refractivity contribution is -0.143. The van der Waals surface area contributed by atoms with Crippen molar-refractivity contribution in [1.82, 2.24) is 4.90 Å². The molecule has 0 atom stereocenters. The number of carbonyl (C=O) groups is 1. The van der Waals surface area contributed by atoms with Crippen molar-refractivity contribution in [2.45, 2.75) is 95.8 Å².